The Balaban J connectivity index is 2.62. The zero-order valence-corrected chi connectivity index (χ0v) is 10.7. The molecule has 2 atom stereocenters. The number of nitrogens with one attached hydrogen (secondary N) is 3. The lowest BCUT2D eigenvalue weighted by Crippen LogP contribution is -2.52. The number of aliphatic hydroxyl groups is 1. The number of aryl methyl sites for hydroxylation is 1. The number of hydrogen-bond donors (Lipinski definition) is 5. The largest absolute Gasteiger partial charge is 0.391 e. The van der Waals surface area contributed by atoms with Gasteiger partial charge in [0, 0.05) is 5.69 Å². The molecule has 7 heteroatoms. The minimum Gasteiger partial charge on any atom is -0.391 e. The number of hydrogen-bond acceptors (Lipinski definition) is 4. The molecule has 0 aliphatic heterocycles. The molecule has 0 unspecified atom stereocenters. The van der Waals surface area contributed by atoms with Crippen molar-refractivity contribution in [1.29, 1.82) is 0 Å². The summed E-state index contributed by atoms with van der Waals surface area (Å²) in [4.78, 5) is 22.9. The zero-order chi connectivity index (χ0) is 14.4. The van der Waals surface area contributed by atoms with Gasteiger partial charge >= 0.3 is 6.03 Å². The number of carbonyl (C=O) groups excluding carboxylic acids is 2. The molecule has 7 nitrogen and oxygen atoms in total. The van der Waals surface area contributed by atoms with Gasteiger partial charge in [0.1, 0.15) is 6.04 Å². The second kappa shape index (κ2) is 6.72. The standard InChI is InChI=1S/C12H17N3O4/c1-7-3-5-9(6-4-7)13-12(18)14-10(8(2)16)11(17)15-19/h3-6,8,10,16,19H,1-2H3,(H,15,17)(H2,13,14,18)/t8-,10+/m0/s1. The van der Waals surface area contributed by atoms with Gasteiger partial charge in [-0.2, -0.15) is 0 Å². The molecule has 0 aliphatic carbocycles. The van der Waals surface area contributed by atoms with E-state index in [0.717, 1.165) is 5.56 Å². The Hall–Kier alpha value is -2.12. The SMILES string of the molecule is Cc1ccc(NC(=O)N[C@@H](C(=O)NO)[C@H](C)O)cc1. The van der Waals surface area contributed by atoms with E-state index < -0.39 is 24.1 Å². The van der Waals surface area contributed by atoms with Crippen LogP contribution in [0.4, 0.5) is 10.5 Å². The highest BCUT2D eigenvalue weighted by Gasteiger charge is 2.25. The maximum absolute atomic E-state index is 11.6. The quantitative estimate of drug-likeness (QED) is 0.401. The van der Waals surface area contributed by atoms with Gasteiger partial charge in [-0.25, -0.2) is 10.3 Å². The average Bonchev–Trinajstić information content (AvgIpc) is 2.37. The number of anilines is 1. The predicted molar refractivity (Wildman–Crippen MR) is 68.7 cm³/mol. The number of aliphatic hydroxyl groups excluding tert-OH is 1. The molecule has 0 radical (unpaired) electrons. The highest BCUT2D eigenvalue weighted by molar-refractivity contribution is 5.93. The molecule has 0 heterocycles. The highest BCUT2D eigenvalue weighted by Crippen LogP contribution is 2.08. The van der Waals surface area contributed by atoms with Gasteiger partial charge in [0.05, 0.1) is 6.10 Å². The van der Waals surface area contributed by atoms with E-state index in [1.165, 1.54) is 12.4 Å². The maximum Gasteiger partial charge on any atom is 0.319 e. The van der Waals surface area contributed by atoms with Crippen molar-refractivity contribution >= 4 is 17.6 Å². The van der Waals surface area contributed by atoms with Crippen LogP contribution < -0.4 is 16.1 Å². The van der Waals surface area contributed by atoms with Crippen LogP contribution in [0.25, 0.3) is 0 Å². The van der Waals surface area contributed by atoms with Crippen LogP contribution in [-0.4, -0.2) is 34.4 Å². The number of urea groups is 1. The number of rotatable bonds is 4. The number of benzene rings is 1. The van der Waals surface area contributed by atoms with E-state index in [2.05, 4.69) is 10.6 Å². The molecule has 0 saturated carbocycles. The first-order valence-corrected chi connectivity index (χ1v) is 5.70. The lowest BCUT2D eigenvalue weighted by Gasteiger charge is -2.19. The highest BCUT2D eigenvalue weighted by atomic mass is 16.5. The third-order valence-corrected chi connectivity index (χ3v) is 2.47. The van der Waals surface area contributed by atoms with Gasteiger partial charge in [-0.05, 0) is 26.0 Å². The summed E-state index contributed by atoms with van der Waals surface area (Å²) in [5.41, 5.74) is 2.98. The Kier molecular flexibility index (Phi) is 5.28. The molecular formula is C12H17N3O4. The molecule has 0 aliphatic rings. The summed E-state index contributed by atoms with van der Waals surface area (Å²) in [6.45, 7) is 3.24. The summed E-state index contributed by atoms with van der Waals surface area (Å²) in [5, 5.41) is 22.6. The third-order valence-electron chi connectivity index (χ3n) is 2.47. The Morgan fingerprint density at radius 1 is 1.21 bits per heavy atom. The molecule has 1 rings (SSSR count). The van der Waals surface area contributed by atoms with Crippen molar-refractivity contribution in [3.05, 3.63) is 29.8 Å². The molecule has 0 spiro atoms. The molecule has 5 N–H and O–H groups in total. The molecule has 3 amide bonds. The van der Waals surface area contributed by atoms with Gasteiger partial charge in [0.2, 0.25) is 0 Å². The van der Waals surface area contributed by atoms with E-state index in [0.29, 0.717) is 5.69 Å². The third kappa shape index (κ3) is 4.57. The first-order valence-electron chi connectivity index (χ1n) is 5.70. The van der Waals surface area contributed by atoms with Crippen LogP contribution in [-0.2, 0) is 4.79 Å². The van der Waals surface area contributed by atoms with Gasteiger partial charge in [-0.15, -0.1) is 0 Å². The van der Waals surface area contributed by atoms with E-state index in [1.54, 1.807) is 12.1 Å². The van der Waals surface area contributed by atoms with Crippen molar-refractivity contribution < 1.29 is 19.9 Å². The van der Waals surface area contributed by atoms with Crippen LogP contribution in [0.2, 0.25) is 0 Å². The molecule has 1 aromatic carbocycles. The van der Waals surface area contributed by atoms with Crippen molar-refractivity contribution in [2.24, 2.45) is 0 Å². The fraction of sp³-hybridized carbons (Fsp3) is 0.333. The summed E-state index contributed by atoms with van der Waals surface area (Å²) >= 11 is 0. The summed E-state index contributed by atoms with van der Waals surface area (Å²) in [5.74, 6) is -0.894. The maximum atomic E-state index is 11.6. The molecule has 0 fully saturated rings. The van der Waals surface area contributed by atoms with Crippen LogP contribution in [0.1, 0.15) is 12.5 Å². The average molecular weight is 267 g/mol. The smallest absolute Gasteiger partial charge is 0.319 e. The molecule has 19 heavy (non-hydrogen) atoms. The summed E-state index contributed by atoms with van der Waals surface area (Å²) in [6, 6.07) is 5.16. The topological polar surface area (TPSA) is 111 Å². The van der Waals surface area contributed by atoms with Crippen LogP contribution in [0.5, 0.6) is 0 Å². The van der Waals surface area contributed by atoms with Crippen LogP contribution >= 0.6 is 0 Å². The Labute approximate surface area is 110 Å². The lowest BCUT2D eigenvalue weighted by atomic mass is 10.2. The van der Waals surface area contributed by atoms with E-state index in [-0.39, 0.29) is 0 Å². The molecule has 1 aromatic rings. The molecule has 104 valence electrons. The number of hydroxylamine groups is 1. The monoisotopic (exact) mass is 267 g/mol. The summed E-state index contributed by atoms with van der Waals surface area (Å²) in [6.07, 6.45) is -1.14. The zero-order valence-electron chi connectivity index (χ0n) is 10.7. The van der Waals surface area contributed by atoms with Crippen molar-refractivity contribution in [1.82, 2.24) is 10.8 Å². The van der Waals surface area contributed by atoms with Gasteiger partial charge < -0.3 is 15.7 Å². The van der Waals surface area contributed by atoms with E-state index >= 15 is 0 Å². The summed E-state index contributed by atoms with van der Waals surface area (Å²) in [7, 11) is 0. The van der Waals surface area contributed by atoms with Crippen molar-refractivity contribution in [2.45, 2.75) is 26.0 Å². The van der Waals surface area contributed by atoms with Crippen molar-refractivity contribution in [3.8, 4) is 0 Å². The van der Waals surface area contributed by atoms with E-state index in [1.807, 2.05) is 19.1 Å². The second-order valence-corrected chi connectivity index (χ2v) is 4.16. The van der Waals surface area contributed by atoms with Crippen LogP contribution in [0.3, 0.4) is 0 Å². The minimum atomic E-state index is -1.24. The van der Waals surface area contributed by atoms with Gasteiger partial charge in [-0.3, -0.25) is 10.0 Å². The Morgan fingerprint density at radius 2 is 1.79 bits per heavy atom. The molecule has 0 saturated heterocycles. The fourth-order valence-electron chi connectivity index (χ4n) is 1.42. The van der Waals surface area contributed by atoms with E-state index in [4.69, 9.17) is 5.21 Å². The first kappa shape index (κ1) is 14.9. The molecule has 0 bridgehead atoms. The number of carbonyl (C=O) groups is 2. The molecule has 0 aromatic heterocycles. The van der Waals surface area contributed by atoms with Crippen molar-refractivity contribution in [2.75, 3.05) is 5.32 Å². The Bertz CT molecular complexity index is 445. The minimum absolute atomic E-state index is 0.553. The summed E-state index contributed by atoms with van der Waals surface area (Å²) < 4.78 is 0. The van der Waals surface area contributed by atoms with Gasteiger partial charge in [-0.1, -0.05) is 17.7 Å². The van der Waals surface area contributed by atoms with Crippen LogP contribution in [0.15, 0.2) is 24.3 Å². The van der Waals surface area contributed by atoms with Crippen LogP contribution in [0, 0.1) is 6.92 Å². The second-order valence-electron chi connectivity index (χ2n) is 4.16. The van der Waals surface area contributed by atoms with Crippen molar-refractivity contribution in [3.63, 3.8) is 0 Å². The number of amides is 3. The van der Waals surface area contributed by atoms with Gasteiger partial charge in [0.15, 0.2) is 0 Å². The normalized spacial score (nSPS) is 13.3. The lowest BCUT2D eigenvalue weighted by molar-refractivity contribution is -0.133. The first-order chi connectivity index (χ1) is 8.93. The fourth-order valence-corrected chi connectivity index (χ4v) is 1.42. The van der Waals surface area contributed by atoms with E-state index in [9.17, 15) is 14.7 Å². The molecular weight excluding hydrogens is 250 g/mol. The Morgan fingerprint density at radius 3 is 2.26 bits per heavy atom. The predicted octanol–water partition coefficient (Wildman–Crippen LogP) is 0.371. The van der Waals surface area contributed by atoms with Gasteiger partial charge in [0.25, 0.3) is 5.91 Å².